The Balaban J connectivity index is 1.57. The van der Waals surface area contributed by atoms with E-state index in [-0.39, 0.29) is 11.5 Å². The van der Waals surface area contributed by atoms with Crippen molar-refractivity contribution in [2.75, 3.05) is 12.4 Å². The van der Waals surface area contributed by atoms with Crippen LogP contribution in [0, 0.1) is 0 Å². The fourth-order valence-electron chi connectivity index (χ4n) is 3.77. The van der Waals surface area contributed by atoms with Gasteiger partial charge in [0.1, 0.15) is 11.3 Å². The van der Waals surface area contributed by atoms with Gasteiger partial charge >= 0.3 is 6.03 Å². The van der Waals surface area contributed by atoms with Crippen molar-refractivity contribution in [3.05, 3.63) is 59.2 Å². The Morgan fingerprint density at radius 2 is 1.81 bits per heavy atom. The SMILES string of the molecule is COc1cccc(C2(C)NC(=O)N(NC(=O)c3ccc4c(c3)NC(=O)C4(C)C)C2=O)c1. The highest BCUT2D eigenvalue weighted by Crippen LogP contribution is 2.37. The molecule has 2 aromatic carbocycles. The van der Waals surface area contributed by atoms with E-state index >= 15 is 0 Å². The van der Waals surface area contributed by atoms with Gasteiger partial charge in [-0.25, -0.2) is 4.79 Å². The largest absolute Gasteiger partial charge is 0.497 e. The monoisotopic (exact) mass is 422 g/mol. The molecule has 160 valence electrons. The van der Waals surface area contributed by atoms with Crippen molar-refractivity contribution in [2.45, 2.75) is 31.7 Å². The average Bonchev–Trinajstić information content (AvgIpc) is 3.11. The standard InChI is InChI=1S/C22H22N4O5/c1-21(2)15-9-8-12(10-16(15)23-18(21)28)17(27)25-26-19(29)22(3,24-20(26)30)13-6-5-7-14(11-13)31-4/h5-11H,1-4H3,(H,23,28)(H,24,30)(H,25,27). The first kappa shape index (κ1) is 20.4. The van der Waals surface area contributed by atoms with Gasteiger partial charge in [0.25, 0.3) is 11.8 Å². The summed E-state index contributed by atoms with van der Waals surface area (Å²) >= 11 is 0. The van der Waals surface area contributed by atoms with E-state index in [1.807, 2.05) is 0 Å². The van der Waals surface area contributed by atoms with E-state index in [0.717, 1.165) is 5.56 Å². The summed E-state index contributed by atoms with van der Waals surface area (Å²) in [5.41, 5.74) is 2.31. The molecule has 0 aliphatic carbocycles. The number of ether oxygens (including phenoxy) is 1. The molecule has 9 nitrogen and oxygen atoms in total. The van der Waals surface area contributed by atoms with Gasteiger partial charge < -0.3 is 15.4 Å². The highest BCUT2D eigenvalue weighted by atomic mass is 16.5. The van der Waals surface area contributed by atoms with E-state index in [9.17, 15) is 19.2 Å². The van der Waals surface area contributed by atoms with Crippen molar-refractivity contribution < 1.29 is 23.9 Å². The number of methoxy groups -OCH3 is 1. The number of carbonyl (C=O) groups is 4. The Morgan fingerprint density at radius 1 is 1.06 bits per heavy atom. The molecule has 1 fully saturated rings. The lowest BCUT2D eigenvalue weighted by Crippen LogP contribution is -2.47. The zero-order chi connectivity index (χ0) is 22.6. The van der Waals surface area contributed by atoms with Crippen LogP contribution in [0.3, 0.4) is 0 Å². The normalized spacial score (nSPS) is 21.4. The van der Waals surface area contributed by atoms with E-state index < -0.39 is 28.8 Å². The summed E-state index contributed by atoms with van der Waals surface area (Å²) in [6.45, 7) is 5.14. The van der Waals surface area contributed by atoms with Crippen LogP contribution in [0.25, 0.3) is 0 Å². The zero-order valence-corrected chi connectivity index (χ0v) is 17.5. The number of urea groups is 1. The fraction of sp³-hybridized carbons (Fsp3) is 0.273. The number of hydrogen-bond donors (Lipinski definition) is 3. The smallest absolute Gasteiger partial charge is 0.344 e. The molecule has 9 heteroatoms. The van der Waals surface area contributed by atoms with Crippen LogP contribution in [0.5, 0.6) is 5.75 Å². The number of fused-ring (bicyclic) bond motifs is 1. The van der Waals surface area contributed by atoms with E-state index in [2.05, 4.69) is 16.1 Å². The van der Waals surface area contributed by atoms with Gasteiger partial charge in [-0.3, -0.25) is 19.8 Å². The minimum atomic E-state index is -1.37. The molecule has 0 spiro atoms. The van der Waals surface area contributed by atoms with Crippen molar-refractivity contribution in [3.8, 4) is 5.75 Å². The lowest BCUT2D eigenvalue weighted by Gasteiger charge is -2.22. The van der Waals surface area contributed by atoms with Crippen LogP contribution in [0.2, 0.25) is 0 Å². The van der Waals surface area contributed by atoms with Crippen molar-refractivity contribution in [2.24, 2.45) is 0 Å². The van der Waals surface area contributed by atoms with E-state index in [1.54, 1.807) is 57.2 Å². The minimum Gasteiger partial charge on any atom is -0.497 e. The van der Waals surface area contributed by atoms with Crippen LogP contribution in [-0.4, -0.2) is 35.9 Å². The number of hydrazine groups is 1. The third-order valence-corrected chi connectivity index (χ3v) is 5.82. The topological polar surface area (TPSA) is 117 Å². The Labute approximate surface area is 178 Å². The maximum Gasteiger partial charge on any atom is 0.344 e. The van der Waals surface area contributed by atoms with Gasteiger partial charge in [0, 0.05) is 11.3 Å². The van der Waals surface area contributed by atoms with Crippen molar-refractivity contribution in [1.29, 1.82) is 0 Å². The highest BCUT2D eigenvalue weighted by molar-refractivity contribution is 6.10. The molecule has 3 N–H and O–H groups in total. The molecule has 0 aromatic heterocycles. The Kier molecular flexibility index (Phi) is 4.49. The molecule has 2 aliphatic heterocycles. The summed E-state index contributed by atoms with van der Waals surface area (Å²) in [4.78, 5) is 50.4. The molecular weight excluding hydrogens is 400 g/mol. The van der Waals surface area contributed by atoms with Crippen molar-refractivity contribution >= 4 is 29.4 Å². The number of hydrogen-bond acceptors (Lipinski definition) is 5. The van der Waals surface area contributed by atoms with Crippen LogP contribution in [-0.2, 0) is 20.5 Å². The van der Waals surface area contributed by atoms with Crippen LogP contribution < -0.4 is 20.8 Å². The van der Waals surface area contributed by atoms with Gasteiger partial charge in [-0.2, -0.15) is 5.01 Å². The van der Waals surface area contributed by atoms with Gasteiger partial charge in [-0.05, 0) is 56.2 Å². The molecule has 0 saturated carbocycles. The second-order valence-corrected chi connectivity index (χ2v) is 8.21. The molecular formula is C22H22N4O5. The van der Waals surface area contributed by atoms with Gasteiger partial charge in [0.15, 0.2) is 0 Å². The van der Waals surface area contributed by atoms with E-state index in [4.69, 9.17) is 4.74 Å². The van der Waals surface area contributed by atoms with Crippen molar-refractivity contribution in [3.63, 3.8) is 0 Å². The van der Waals surface area contributed by atoms with E-state index in [0.29, 0.717) is 22.0 Å². The van der Waals surface area contributed by atoms with Gasteiger partial charge in [0.2, 0.25) is 5.91 Å². The lowest BCUT2D eigenvalue weighted by molar-refractivity contribution is -0.132. The molecule has 2 heterocycles. The van der Waals surface area contributed by atoms with Gasteiger partial charge in [0.05, 0.1) is 12.5 Å². The predicted molar refractivity (Wildman–Crippen MR) is 111 cm³/mol. The third kappa shape index (κ3) is 3.09. The fourth-order valence-corrected chi connectivity index (χ4v) is 3.77. The third-order valence-electron chi connectivity index (χ3n) is 5.82. The second kappa shape index (κ2) is 6.83. The van der Waals surface area contributed by atoms with Crippen LogP contribution >= 0.6 is 0 Å². The van der Waals surface area contributed by atoms with Gasteiger partial charge in [-0.1, -0.05) is 18.2 Å². The molecule has 0 bridgehead atoms. The Morgan fingerprint density at radius 3 is 2.52 bits per heavy atom. The number of rotatable bonds is 4. The van der Waals surface area contributed by atoms with Crippen LogP contribution in [0.1, 0.15) is 42.3 Å². The summed E-state index contributed by atoms with van der Waals surface area (Å²) in [6.07, 6.45) is 0. The molecule has 31 heavy (non-hydrogen) atoms. The summed E-state index contributed by atoms with van der Waals surface area (Å²) < 4.78 is 5.19. The summed E-state index contributed by atoms with van der Waals surface area (Å²) in [5.74, 6) is -0.913. The molecule has 2 aliphatic rings. The maximum atomic E-state index is 13.0. The highest BCUT2D eigenvalue weighted by Gasteiger charge is 2.50. The number of nitrogens with one attached hydrogen (secondary N) is 3. The lowest BCUT2D eigenvalue weighted by atomic mass is 9.86. The summed E-state index contributed by atoms with van der Waals surface area (Å²) in [5, 5.41) is 6.04. The molecule has 0 radical (unpaired) electrons. The number of carbonyl (C=O) groups excluding carboxylic acids is 4. The molecule has 2 aromatic rings. The predicted octanol–water partition coefficient (Wildman–Crippen LogP) is 2.04. The maximum absolute atomic E-state index is 13.0. The number of nitrogens with zero attached hydrogens (tertiary/aromatic N) is 1. The first-order valence-electron chi connectivity index (χ1n) is 9.66. The molecule has 4 rings (SSSR count). The average molecular weight is 422 g/mol. The van der Waals surface area contributed by atoms with E-state index in [1.165, 1.54) is 13.2 Å². The number of anilines is 1. The molecule has 1 unspecified atom stereocenters. The molecule has 5 amide bonds. The molecule has 1 atom stereocenters. The summed E-state index contributed by atoms with van der Waals surface area (Å²) in [7, 11) is 1.50. The number of amides is 5. The molecule has 1 saturated heterocycles. The van der Waals surface area contributed by atoms with Crippen LogP contribution in [0.15, 0.2) is 42.5 Å². The number of imide groups is 1. The first-order valence-corrected chi connectivity index (χ1v) is 9.66. The minimum absolute atomic E-state index is 0.164. The van der Waals surface area contributed by atoms with Crippen LogP contribution in [0.4, 0.5) is 10.5 Å². The zero-order valence-electron chi connectivity index (χ0n) is 17.5. The first-order chi connectivity index (χ1) is 14.6. The second-order valence-electron chi connectivity index (χ2n) is 8.21. The van der Waals surface area contributed by atoms with Gasteiger partial charge in [-0.15, -0.1) is 0 Å². The number of benzene rings is 2. The Hall–Kier alpha value is -3.88. The van der Waals surface area contributed by atoms with Crippen molar-refractivity contribution in [1.82, 2.24) is 15.8 Å². The quantitative estimate of drug-likeness (QED) is 0.652. The summed E-state index contributed by atoms with van der Waals surface area (Å²) in [6, 6.07) is 10.8. The Bertz CT molecular complexity index is 1140.